The number of imidazole rings is 1. The van der Waals surface area contributed by atoms with Gasteiger partial charge in [-0.2, -0.15) is 0 Å². The van der Waals surface area contributed by atoms with Crippen LogP contribution in [-0.4, -0.2) is 14.2 Å². The van der Waals surface area contributed by atoms with Gasteiger partial charge in [-0.1, -0.05) is 0 Å². The summed E-state index contributed by atoms with van der Waals surface area (Å²) in [5.41, 5.74) is 1.58. The zero-order valence-electron chi connectivity index (χ0n) is 9.77. The molecule has 2 heterocycles. The van der Waals surface area contributed by atoms with Crippen molar-refractivity contribution in [3.8, 4) is 11.6 Å². The van der Waals surface area contributed by atoms with Gasteiger partial charge in [0.1, 0.15) is 5.82 Å². The topological polar surface area (TPSA) is 30.1 Å². The molecule has 0 amide bonds. The Labute approximate surface area is 109 Å². The Hall–Kier alpha value is -1.62. The standard InChI is InChI=1S/C13H13FN2OS/c14-9-4-6-10(7-5-9)16-12(17)11-3-1-2-8-15(11)13(16)18/h4-7,17H,1-3,8H2. The highest BCUT2D eigenvalue weighted by Crippen LogP contribution is 2.29. The first-order valence-electron chi connectivity index (χ1n) is 5.98. The number of halogens is 1. The molecule has 1 aromatic heterocycles. The Morgan fingerprint density at radius 3 is 2.56 bits per heavy atom. The van der Waals surface area contributed by atoms with Crippen LogP contribution in [0.5, 0.6) is 5.88 Å². The van der Waals surface area contributed by atoms with E-state index in [1.807, 2.05) is 4.57 Å². The maximum absolute atomic E-state index is 12.9. The van der Waals surface area contributed by atoms with Crippen molar-refractivity contribution >= 4 is 12.2 Å². The highest BCUT2D eigenvalue weighted by molar-refractivity contribution is 7.71. The summed E-state index contributed by atoms with van der Waals surface area (Å²) in [6.45, 7) is 0.843. The van der Waals surface area contributed by atoms with Gasteiger partial charge in [-0.15, -0.1) is 0 Å². The second-order valence-corrected chi connectivity index (χ2v) is 4.84. The van der Waals surface area contributed by atoms with E-state index in [9.17, 15) is 9.50 Å². The number of rotatable bonds is 1. The van der Waals surface area contributed by atoms with Crippen LogP contribution in [-0.2, 0) is 13.0 Å². The van der Waals surface area contributed by atoms with Crippen LogP contribution in [0.1, 0.15) is 18.5 Å². The number of aromatic hydroxyl groups is 1. The van der Waals surface area contributed by atoms with Crippen LogP contribution in [0.2, 0.25) is 0 Å². The quantitative estimate of drug-likeness (QED) is 0.802. The summed E-state index contributed by atoms with van der Waals surface area (Å²) in [6.07, 6.45) is 2.98. The Kier molecular flexibility index (Phi) is 2.70. The summed E-state index contributed by atoms with van der Waals surface area (Å²) in [5.74, 6) is -0.111. The van der Waals surface area contributed by atoms with E-state index >= 15 is 0 Å². The van der Waals surface area contributed by atoms with Gasteiger partial charge in [-0.05, 0) is 55.7 Å². The van der Waals surface area contributed by atoms with E-state index in [2.05, 4.69) is 0 Å². The van der Waals surface area contributed by atoms with Gasteiger partial charge < -0.3 is 9.67 Å². The first-order chi connectivity index (χ1) is 8.68. The zero-order chi connectivity index (χ0) is 12.7. The summed E-state index contributed by atoms with van der Waals surface area (Å²) in [4.78, 5) is 0. The van der Waals surface area contributed by atoms with Crippen LogP contribution in [0.4, 0.5) is 4.39 Å². The van der Waals surface area contributed by atoms with Gasteiger partial charge in [0.25, 0.3) is 0 Å². The minimum absolute atomic E-state index is 0.186. The summed E-state index contributed by atoms with van der Waals surface area (Å²) < 4.78 is 17.1. The fraction of sp³-hybridized carbons (Fsp3) is 0.308. The van der Waals surface area contributed by atoms with Gasteiger partial charge in [-0.3, -0.25) is 4.57 Å². The van der Waals surface area contributed by atoms with Crippen LogP contribution < -0.4 is 0 Å². The lowest BCUT2D eigenvalue weighted by atomic mass is 10.1. The molecule has 0 aliphatic carbocycles. The normalized spacial score (nSPS) is 14.5. The van der Waals surface area contributed by atoms with E-state index < -0.39 is 0 Å². The molecule has 1 aliphatic rings. The molecule has 0 spiro atoms. The van der Waals surface area contributed by atoms with Crippen molar-refractivity contribution in [2.24, 2.45) is 0 Å². The smallest absolute Gasteiger partial charge is 0.218 e. The molecule has 18 heavy (non-hydrogen) atoms. The minimum atomic E-state index is -0.297. The van der Waals surface area contributed by atoms with Crippen molar-refractivity contribution in [3.05, 3.63) is 40.5 Å². The molecule has 0 unspecified atom stereocenters. The predicted octanol–water partition coefficient (Wildman–Crippen LogP) is 3.19. The van der Waals surface area contributed by atoms with E-state index in [1.54, 1.807) is 16.7 Å². The maximum Gasteiger partial charge on any atom is 0.218 e. The number of nitrogens with zero attached hydrogens (tertiary/aromatic N) is 2. The van der Waals surface area contributed by atoms with Crippen LogP contribution in [0.25, 0.3) is 5.69 Å². The molecule has 0 saturated carbocycles. The Morgan fingerprint density at radius 2 is 1.89 bits per heavy atom. The molecule has 1 aliphatic heterocycles. The zero-order valence-corrected chi connectivity index (χ0v) is 10.6. The van der Waals surface area contributed by atoms with E-state index in [4.69, 9.17) is 12.2 Å². The van der Waals surface area contributed by atoms with Crippen LogP contribution in [0.15, 0.2) is 24.3 Å². The molecule has 1 aromatic carbocycles. The maximum atomic E-state index is 12.9. The third-order valence-electron chi connectivity index (χ3n) is 3.35. The average molecular weight is 264 g/mol. The Bertz CT molecular complexity index is 642. The summed E-state index contributed by atoms with van der Waals surface area (Å²) in [5, 5.41) is 10.3. The first kappa shape index (κ1) is 11.5. The van der Waals surface area contributed by atoms with Gasteiger partial charge in [-0.25, -0.2) is 4.39 Å². The molecule has 0 atom stereocenters. The molecule has 0 radical (unpaired) electrons. The third kappa shape index (κ3) is 1.66. The molecule has 0 bridgehead atoms. The van der Waals surface area contributed by atoms with Crippen molar-refractivity contribution in [2.45, 2.75) is 25.8 Å². The average Bonchev–Trinajstić information content (AvgIpc) is 2.64. The predicted molar refractivity (Wildman–Crippen MR) is 69.2 cm³/mol. The minimum Gasteiger partial charge on any atom is -0.493 e. The van der Waals surface area contributed by atoms with Crippen LogP contribution in [0.3, 0.4) is 0 Å². The molecule has 94 valence electrons. The largest absolute Gasteiger partial charge is 0.493 e. The number of fused-ring (bicyclic) bond motifs is 1. The number of hydrogen-bond donors (Lipinski definition) is 1. The number of hydrogen-bond acceptors (Lipinski definition) is 2. The lowest BCUT2D eigenvalue weighted by Crippen LogP contribution is -2.09. The van der Waals surface area contributed by atoms with Crippen LogP contribution in [0, 0.1) is 10.6 Å². The van der Waals surface area contributed by atoms with E-state index in [0.29, 0.717) is 10.5 Å². The highest BCUT2D eigenvalue weighted by atomic mass is 32.1. The fourth-order valence-electron chi connectivity index (χ4n) is 2.44. The fourth-order valence-corrected chi connectivity index (χ4v) is 2.83. The molecular formula is C13H13FN2OS. The molecule has 3 rings (SSSR count). The number of benzene rings is 1. The van der Waals surface area contributed by atoms with E-state index in [1.165, 1.54) is 12.1 Å². The van der Waals surface area contributed by atoms with Crippen molar-refractivity contribution < 1.29 is 9.50 Å². The summed E-state index contributed by atoms with van der Waals surface area (Å²) in [6, 6.07) is 5.98. The van der Waals surface area contributed by atoms with Crippen molar-refractivity contribution in [1.29, 1.82) is 0 Å². The van der Waals surface area contributed by atoms with E-state index in [0.717, 1.165) is 31.5 Å². The SMILES string of the molecule is Oc1c2n(c(=S)n1-c1ccc(F)cc1)CCCC2. The van der Waals surface area contributed by atoms with Crippen LogP contribution >= 0.6 is 12.2 Å². The van der Waals surface area contributed by atoms with Gasteiger partial charge in [0.15, 0.2) is 4.77 Å². The highest BCUT2D eigenvalue weighted by Gasteiger charge is 2.20. The van der Waals surface area contributed by atoms with Gasteiger partial charge >= 0.3 is 0 Å². The van der Waals surface area contributed by atoms with Crippen molar-refractivity contribution in [1.82, 2.24) is 9.13 Å². The molecular weight excluding hydrogens is 251 g/mol. The van der Waals surface area contributed by atoms with Gasteiger partial charge in [0.05, 0.1) is 11.4 Å². The lowest BCUT2D eigenvalue weighted by Gasteiger charge is -2.12. The Morgan fingerprint density at radius 1 is 1.17 bits per heavy atom. The molecule has 2 aromatic rings. The molecule has 0 fully saturated rings. The van der Waals surface area contributed by atoms with Gasteiger partial charge in [0, 0.05) is 6.54 Å². The van der Waals surface area contributed by atoms with Crippen molar-refractivity contribution in [3.63, 3.8) is 0 Å². The monoisotopic (exact) mass is 264 g/mol. The number of aromatic nitrogens is 2. The summed E-state index contributed by atoms with van der Waals surface area (Å²) >= 11 is 5.39. The second-order valence-electron chi connectivity index (χ2n) is 4.47. The van der Waals surface area contributed by atoms with Crippen molar-refractivity contribution in [2.75, 3.05) is 0 Å². The third-order valence-corrected chi connectivity index (χ3v) is 3.75. The lowest BCUT2D eigenvalue weighted by molar-refractivity contribution is 0.425. The molecule has 1 N–H and O–H groups in total. The molecule has 0 saturated heterocycles. The molecule has 5 heteroatoms. The van der Waals surface area contributed by atoms with Gasteiger partial charge in [0.2, 0.25) is 5.88 Å². The Balaban J connectivity index is 2.21. The second kappa shape index (κ2) is 4.24. The summed E-state index contributed by atoms with van der Waals surface area (Å²) in [7, 11) is 0. The molecule has 3 nitrogen and oxygen atoms in total. The first-order valence-corrected chi connectivity index (χ1v) is 6.38. The van der Waals surface area contributed by atoms with E-state index in [-0.39, 0.29) is 11.7 Å².